The lowest BCUT2D eigenvalue weighted by Crippen LogP contribution is -2.82. The molecule has 0 radical (unpaired) electrons. The topological polar surface area (TPSA) is 306 Å². The van der Waals surface area contributed by atoms with Gasteiger partial charge in [-0.1, -0.05) is 177 Å². The van der Waals surface area contributed by atoms with Crippen LogP contribution in [0.5, 0.6) is 0 Å². The molecular formula is C78H113N2O20P. The molecule has 0 aromatic heterocycles. The van der Waals surface area contributed by atoms with E-state index in [1.54, 1.807) is 92.7 Å². The largest absolute Gasteiger partial charge is 0.756 e. The second-order valence-electron chi connectivity index (χ2n) is 29.2. The average Bonchev–Trinajstić information content (AvgIpc) is 0.670. The standard InChI is InChI=1S/C47H51NO14.C31H62NO6P/c1-25-31(60-43(56)36(52)35(28-16-10-7-11-17-28)48-41(54)29-18-12-8-13-19-29)23-47(57)40(61-42(55)30-20-14-9-15-21-30)38-45(6,32(51)22-33-46(38,24-58-33)62-27(3)50)39(53)37(59-26(2)49)34(25)44(47,4)5;1-5-6-7-8-9-10-11-12-13-14-15-16-17-18-19-20-21-22-23-26-31(33)36-28-25-30-38-39(34,35)37-29-24-27-32(2,3)4/h7-21,31-33,35-38,40,51-52,57H,22-24H2,1-6H3,(H,48,54);12-13H,5-11,14-30H2,1-4H3/b;13-12-/t31-,32-,33+,35-,36+,37+,38-,40-,45+,46-,47+;/m0./s1. The zero-order valence-corrected chi connectivity index (χ0v) is 62.1. The second-order valence-corrected chi connectivity index (χ2v) is 30.6. The van der Waals surface area contributed by atoms with Crippen LogP contribution in [0.4, 0.5) is 0 Å². The number of unbranched alkanes of at least 4 members (excludes halogenated alkanes) is 15. The van der Waals surface area contributed by atoms with Crippen molar-refractivity contribution in [3.63, 3.8) is 0 Å². The van der Waals surface area contributed by atoms with Crippen molar-refractivity contribution >= 4 is 49.4 Å². The SMILES string of the molecule is CC(=O)O[C@H]1C(=O)[C@@]2(C)[C@H]([C@H](OC(=O)c3ccccc3)[C@]3(O)C[C@H](OC(=O)[C@H](O)[C@@H](NC(=O)c4ccccc4)c4ccccc4)C(C)=C1C3(C)C)[C@]1(OC(C)=O)CO[C@@H]1C[C@@H]2O.CCCCCCCC/C=C\CCCCCCCCCCCC(=O)OCCCOP(=O)([O-])OCCC[N+](C)(C)C. The Hall–Kier alpha value is -6.46. The smallest absolute Gasteiger partial charge is 0.338 e. The molecule has 1 saturated heterocycles. The van der Waals surface area contributed by atoms with Crippen molar-refractivity contribution in [2.45, 2.75) is 244 Å². The number of nitrogens with zero attached hydrogens (tertiary/aromatic N) is 1. The van der Waals surface area contributed by atoms with Gasteiger partial charge >= 0.3 is 29.8 Å². The molecule has 1 heterocycles. The predicted molar refractivity (Wildman–Crippen MR) is 378 cm³/mol. The Labute approximate surface area is 597 Å². The van der Waals surface area contributed by atoms with Crippen LogP contribution in [0.15, 0.2) is 114 Å². The molecule has 0 spiro atoms. The van der Waals surface area contributed by atoms with E-state index in [2.05, 4.69) is 24.4 Å². The van der Waals surface area contributed by atoms with Crippen molar-refractivity contribution in [3.05, 3.63) is 131 Å². The molecule has 23 heteroatoms. The Morgan fingerprint density at radius 3 is 1.78 bits per heavy atom. The van der Waals surface area contributed by atoms with Crippen molar-refractivity contribution in [2.24, 2.45) is 16.7 Å². The van der Waals surface area contributed by atoms with E-state index in [1.165, 1.54) is 116 Å². The molecule has 1 amide bonds. The summed E-state index contributed by atoms with van der Waals surface area (Å²) in [4.78, 5) is 107. The quantitative estimate of drug-likeness (QED) is 0.0103. The van der Waals surface area contributed by atoms with E-state index in [-0.39, 0.29) is 61.1 Å². The number of carbonyl (C=O) groups is 7. The van der Waals surface area contributed by atoms with Crippen LogP contribution in [0.2, 0.25) is 0 Å². The summed E-state index contributed by atoms with van der Waals surface area (Å²) in [6, 6.07) is 22.9. The number of hydrogen-bond acceptors (Lipinski definition) is 20. The number of phosphoric ester groups is 1. The summed E-state index contributed by atoms with van der Waals surface area (Å²) in [5.41, 5.74) is -7.02. The predicted octanol–water partition coefficient (Wildman–Crippen LogP) is 11.9. The molecule has 22 nitrogen and oxygen atoms in total. The third-order valence-corrected chi connectivity index (χ3v) is 21.1. The van der Waals surface area contributed by atoms with E-state index in [0.717, 1.165) is 44.1 Å². The molecule has 101 heavy (non-hydrogen) atoms. The van der Waals surface area contributed by atoms with Gasteiger partial charge in [-0.2, -0.15) is 0 Å². The highest BCUT2D eigenvalue weighted by Gasteiger charge is 2.78. The maximum atomic E-state index is 15.5. The molecule has 3 fully saturated rings. The Morgan fingerprint density at radius 2 is 1.25 bits per heavy atom. The van der Waals surface area contributed by atoms with Gasteiger partial charge in [0.2, 0.25) is 0 Å². The molecule has 2 saturated carbocycles. The number of phosphoric acid groups is 1. The van der Waals surface area contributed by atoms with Crippen molar-refractivity contribution in [3.8, 4) is 0 Å². The maximum Gasteiger partial charge on any atom is 0.338 e. The van der Waals surface area contributed by atoms with E-state index in [4.69, 9.17) is 37.5 Å². The fourth-order valence-corrected chi connectivity index (χ4v) is 15.3. The van der Waals surface area contributed by atoms with Crippen LogP contribution in [-0.4, -0.2) is 163 Å². The number of amides is 1. The molecule has 12 atom stereocenters. The van der Waals surface area contributed by atoms with Gasteiger partial charge in [-0.25, -0.2) is 9.59 Å². The zero-order chi connectivity index (χ0) is 74.0. The highest BCUT2D eigenvalue weighted by Crippen LogP contribution is 2.64. The number of ketones is 1. The Kier molecular flexibility index (Phi) is 32.6. The lowest BCUT2D eigenvalue weighted by molar-refractivity contribution is -0.870. The Balaban J connectivity index is 0.000000357. The van der Waals surface area contributed by atoms with Gasteiger partial charge in [0.1, 0.15) is 23.9 Å². The summed E-state index contributed by atoms with van der Waals surface area (Å²) in [6.07, 6.45) is 17.2. The van der Waals surface area contributed by atoms with Gasteiger partial charge < -0.3 is 67.5 Å². The van der Waals surface area contributed by atoms with Gasteiger partial charge in [-0.3, -0.25) is 28.5 Å². The number of allylic oxidation sites excluding steroid dienone is 2. The van der Waals surface area contributed by atoms with Crippen LogP contribution in [0.25, 0.3) is 0 Å². The van der Waals surface area contributed by atoms with E-state index in [1.807, 2.05) is 21.1 Å². The van der Waals surface area contributed by atoms with Gasteiger partial charge in [0.25, 0.3) is 13.7 Å². The fraction of sp³-hybridized carbons (Fsp3) is 0.628. The molecule has 4 aliphatic rings. The first-order chi connectivity index (χ1) is 47.9. The monoisotopic (exact) mass is 1430 g/mol. The first-order valence-corrected chi connectivity index (χ1v) is 37.8. The number of ether oxygens (including phenoxy) is 6. The lowest BCUT2D eigenvalue weighted by Gasteiger charge is -2.67. The molecule has 7 rings (SSSR count). The molecule has 3 aliphatic carbocycles. The van der Waals surface area contributed by atoms with Gasteiger partial charge in [0.15, 0.2) is 23.6 Å². The molecule has 3 aromatic carbocycles. The number of Topliss-reactive ketones (excluding diaryl/α,β-unsaturated/α-hetero) is 1. The minimum absolute atomic E-state index is 0.00289. The number of aliphatic hydroxyl groups is 3. The first kappa shape index (κ1) is 83.5. The van der Waals surface area contributed by atoms with Gasteiger partial charge in [-0.05, 0) is 86.9 Å². The Morgan fingerprint density at radius 1 is 0.713 bits per heavy atom. The summed E-state index contributed by atoms with van der Waals surface area (Å²) >= 11 is 0. The number of hydrogen-bond donors (Lipinski definition) is 4. The number of nitrogens with one attached hydrogen (secondary N) is 1. The third-order valence-electron chi connectivity index (χ3n) is 20.1. The third kappa shape index (κ3) is 23.3. The molecule has 4 N–H and O–H groups in total. The van der Waals surface area contributed by atoms with E-state index in [0.29, 0.717) is 24.8 Å². The van der Waals surface area contributed by atoms with Crippen LogP contribution in [0, 0.1) is 16.7 Å². The van der Waals surface area contributed by atoms with E-state index < -0.39 is 120 Å². The number of benzene rings is 3. The van der Waals surface area contributed by atoms with Crippen LogP contribution in [0.1, 0.15) is 222 Å². The van der Waals surface area contributed by atoms with Crippen LogP contribution >= 0.6 is 7.82 Å². The highest BCUT2D eigenvalue weighted by atomic mass is 31.2. The van der Waals surface area contributed by atoms with Crippen molar-refractivity contribution < 1.29 is 100 Å². The summed E-state index contributed by atoms with van der Waals surface area (Å²) < 4.78 is 57.6. The van der Waals surface area contributed by atoms with Crippen molar-refractivity contribution in [2.75, 3.05) is 54.1 Å². The summed E-state index contributed by atoms with van der Waals surface area (Å²) in [5, 5.41) is 40.2. The highest BCUT2D eigenvalue weighted by molar-refractivity contribution is 7.45. The zero-order valence-electron chi connectivity index (χ0n) is 61.2. The minimum Gasteiger partial charge on any atom is -0.756 e. The molecule has 2 bridgehead atoms. The van der Waals surface area contributed by atoms with Gasteiger partial charge in [-0.15, -0.1) is 0 Å². The second kappa shape index (κ2) is 39.4. The molecule has 1 unspecified atom stereocenters. The summed E-state index contributed by atoms with van der Waals surface area (Å²) in [6.45, 7) is 11.3. The van der Waals surface area contributed by atoms with Crippen molar-refractivity contribution in [1.82, 2.24) is 5.32 Å². The van der Waals surface area contributed by atoms with Crippen LogP contribution < -0.4 is 10.2 Å². The number of aliphatic hydroxyl groups excluding tert-OH is 2. The average molecular weight is 1430 g/mol. The number of esters is 5. The number of quaternary nitrogens is 1. The van der Waals surface area contributed by atoms with Crippen LogP contribution in [0.3, 0.4) is 0 Å². The molecular weight excluding hydrogens is 1320 g/mol. The number of rotatable bonds is 39. The van der Waals surface area contributed by atoms with E-state index in [9.17, 15) is 53.5 Å². The molecule has 3 aromatic rings. The Bertz CT molecular complexity index is 3270. The van der Waals surface area contributed by atoms with E-state index >= 15 is 4.79 Å². The number of fused-ring (bicyclic) bond motifs is 5. The normalized spacial score (nSPS) is 24.8. The molecule has 560 valence electrons. The van der Waals surface area contributed by atoms with Gasteiger partial charge in [0, 0.05) is 56.9 Å². The number of carbonyl (C=O) groups excluding carboxylic acids is 7. The lowest BCUT2D eigenvalue weighted by atomic mass is 9.44. The van der Waals surface area contributed by atoms with Crippen LogP contribution in [-0.2, 0) is 66.0 Å². The molecule has 1 aliphatic heterocycles. The maximum absolute atomic E-state index is 15.5. The fourth-order valence-electron chi connectivity index (χ4n) is 14.5. The summed E-state index contributed by atoms with van der Waals surface area (Å²) in [5.74, 6) is -7.07. The first-order valence-electron chi connectivity index (χ1n) is 36.3. The van der Waals surface area contributed by atoms with Crippen molar-refractivity contribution in [1.29, 1.82) is 0 Å². The van der Waals surface area contributed by atoms with Gasteiger partial charge in [0.05, 0.1) is 83.2 Å². The summed E-state index contributed by atoms with van der Waals surface area (Å²) in [7, 11) is 1.82. The minimum atomic E-state index is -4.29.